The van der Waals surface area contributed by atoms with Crippen molar-refractivity contribution in [1.82, 2.24) is 9.72 Å². The zero-order valence-corrected chi connectivity index (χ0v) is 20.3. The van der Waals surface area contributed by atoms with Crippen LogP contribution >= 0.6 is 0 Å². The second-order valence-electron chi connectivity index (χ2n) is 10.4. The summed E-state index contributed by atoms with van der Waals surface area (Å²) in [5.74, 6) is -2.58. The Hall–Kier alpha value is -4.33. The first-order valence-corrected chi connectivity index (χ1v) is 12.4. The molecule has 3 saturated heterocycles. The molecule has 190 valence electrons. The lowest BCUT2D eigenvalue weighted by Crippen LogP contribution is -2.49. The number of carbonyl (C=O) groups is 2. The van der Waals surface area contributed by atoms with Crippen LogP contribution in [0.15, 0.2) is 64.0 Å². The van der Waals surface area contributed by atoms with Crippen LogP contribution in [-0.4, -0.2) is 44.0 Å². The van der Waals surface area contributed by atoms with E-state index in [1.165, 1.54) is 15.8 Å². The minimum Gasteiger partial charge on any atom is -0.390 e. The number of nitrogens with zero attached hydrogens (tertiary/aromatic N) is 4. The standard InChI is InChI=1S/C28H22N4O6/c1-27-20(33)13-28(38-27,10-12-31-24(34)18-7-4-11-30-23(18)37-31)22-21(27)25(35)32(26(22)36)19-9-8-15(14-29)16-5-2-3-6-17(16)19/h2-9,11,20-22,33H,10,12-13H2,1H3. The zero-order chi connectivity index (χ0) is 26.4. The Morgan fingerprint density at radius 3 is 2.55 bits per heavy atom. The van der Waals surface area contributed by atoms with Crippen LogP contribution in [0.3, 0.4) is 0 Å². The van der Waals surface area contributed by atoms with Gasteiger partial charge in [-0.15, -0.1) is 0 Å². The van der Waals surface area contributed by atoms with E-state index in [0.717, 1.165) is 0 Å². The Morgan fingerprint density at radius 2 is 1.79 bits per heavy atom. The molecule has 2 bridgehead atoms. The maximum absolute atomic E-state index is 14.0. The van der Waals surface area contributed by atoms with Crippen molar-refractivity contribution in [2.24, 2.45) is 11.8 Å². The van der Waals surface area contributed by atoms with Gasteiger partial charge in [0.2, 0.25) is 11.8 Å². The molecule has 10 nitrogen and oxygen atoms in total. The number of carbonyl (C=O) groups excluding carboxylic acids is 2. The van der Waals surface area contributed by atoms with Crippen LogP contribution < -0.4 is 10.5 Å². The van der Waals surface area contributed by atoms with E-state index in [9.17, 15) is 24.8 Å². The van der Waals surface area contributed by atoms with Crippen molar-refractivity contribution in [3.63, 3.8) is 0 Å². The molecule has 3 aliphatic heterocycles. The van der Waals surface area contributed by atoms with Crippen LogP contribution in [0.1, 0.15) is 25.3 Å². The number of hydrogen-bond donors (Lipinski definition) is 1. The summed E-state index contributed by atoms with van der Waals surface area (Å²) in [4.78, 5) is 46.0. The van der Waals surface area contributed by atoms with Crippen molar-refractivity contribution in [2.75, 3.05) is 4.90 Å². The monoisotopic (exact) mass is 510 g/mol. The van der Waals surface area contributed by atoms with E-state index >= 15 is 0 Å². The molecule has 3 fully saturated rings. The quantitative estimate of drug-likeness (QED) is 0.413. The molecule has 0 saturated carbocycles. The zero-order valence-electron chi connectivity index (χ0n) is 20.3. The van der Waals surface area contributed by atoms with Crippen molar-refractivity contribution in [1.29, 1.82) is 5.26 Å². The highest BCUT2D eigenvalue weighted by Crippen LogP contribution is 2.62. The molecule has 2 amide bonds. The highest BCUT2D eigenvalue weighted by molar-refractivity contribution is 6.26. The predicted octanol–water partition coefficient (Wildman–Crippen LogP) is 2.50. The van der Waals surface area contributed by atoms with Crippen LogP contribution in [0, 0.1) is 23.2 Å². The van der Waals surface area contributed by atoms with Gasteiger partial charge in [-0.1, -0.05) is 24.3 Å². The van der Waals surface area contributed by atoms with Crippen LogP contribution in [0.2, 0.25) is 0 Å². The molecule has 3 aliphatic rings. The van der Waals surface area contributed by atoms with Crippen LogP contribution in [0.5, 0.6) is 0 Å². The third-order valence-electron chi connectivity index (χ3n) is 8.54. The minimum absolute atomic E-state index is 0.0858. The fourth-order valence-corrected chi connectivity index (χ4v) is 6.78. The number of fused-ring (bicyclic) bond motifs is 7. The lowest BCUT2D eigenvalue weighted by atomic mass is 9.66. The molecule has 0 radical (unpaired) electrons. The molecule has 5 unspecified atom stereocenters. The first-order valence-electron chi connectivity index (χ1n) is 12.4. The summed E-state index contributed by atoms with van der Waals surface area (Å²) in [6.07, 6.45) is 0.898. The third kappa shape index (κ3) is 2.77. The molecule has 5 atom stereocenters. The molecule has 5 heterocycles. The predicted molar refractivity (Wildman–Crippen MR) is 134 cm³/mol. The van der Waals surface area contributed by atoms with Gasteiger partial charge in [-0.2, -0.15) is 10.0 Å². The Bertz CT molecular complexity index is 1790. The number of nitriles is 1. The van der Waals surface area contributed by atoms with E-state index in [0.29, 0.717) is 27.4 Å². The van der Waals surface area contributed by atoms with E-state index in [-0.39, 0.29) is 30.7 Å². The van der Waals surface area contributed by atoms with Crippen LogP contribution in [-0.2, 0) is 20.9 Å². The van der Waals surface area contributed by atoms with E-state index in [2.05, 4.69) is 11.1 Å². The summed E-state index contributed by atoms with van der Waals surface area (Å²) in [5.41, 5.74) is -1.71. The molecule has 0 aliphatic carbocycles. The van der Waals surface area contributed by atoms with Crippen LogP contribution in [0.25, 0.3) is 21.9 Å². The van der Waals surface area contributed by atoms with Gasteiger partial charge in [0.15, 0.2) is 0 Å². The molecule has 10 heteroatoms. The number of benzene rings is 2. The summed E-state index contributed by atoms with van der Waals surface area (Å²) in [6, 6.07) is 15.8. The van der Waals surface area contributed by atoms with E-state index in [1.54, 1.807) is 55.5 Å². The van der Waals surface area contributed by atoms with Gasteiger partial charge in [0.25, 0.3) is 11.3 Å². The second kappa shape index (κ2) is 7.60. The Balaban J connectivity index is 1.29. The number of imide groups is 1. The fraction of sp³-hybridized carbons (Fsp3) is 0.321. The minimum atomic E-state index is -1.26. The number of ether oxygens (including phenoxy) is 1. The van der Waals surface area contributed by atoms with Crippen molar-refractivity contribution >= 4 is 39.4 Å². The maximum atomic E-state index is 14.0. The molecule has 38 heavy (non-hydrogen) atoms. The van der Waals surface area contributed by atoms with Crippen molar-refractivity contribution < 1.29 is 24.0 Å². The SMILES string of the molecule is CC12OC(CCn3oc4ncccc4c3=O)(CC1O)C1C(=O)N(c3ccc(C#N)c4ccccc34)C(=O)C12. The summed E-state index contributed by atoms with van der Waals surface area (Å²) in [5, 5.41) is 22.2. The first kappa shape index (κ1) is 22.8. The number of anilines is 1. The van der Waals surface area contributed by atoms with Crippen molar-refractivity contribution in [3.05, 3.63) is 70.6 Å². The highest BCUT2D eigenvalue weighted by atomic mass is 16.6. The lowest BCUT2D eigenvalue weighted by Gasteiger charge is -2.33. The number of aliphatic hydroxyl groups is 1. The third-order valence-corrected chi connectivity index (χ3v) is 8.54. The summed E-state index contributed by atoms with van der Waals surface area (Å²) < 4.78 is 13.2. The Labute approximate surface area is 215 Å². The van der Waals surface area contributed by atoms with Gasteiger partial charge in [0, 0.05) is 23.4 Å². The molecule has 7 rings (SSSR count). The van der Waals surface area contributed by atoms with E-state index in [4.69, 9.17) is 9.26 Å². The maximum Gasteiger partial charge on any atom is 0.292 e. The van der Waals surface area contributed by atoms with Crippen LogP contribution in [0.4, 0.5) is 5.69 Å². The van der Waals surface area contributed by atoms with Gasteiger partial charge < -0.3 is 14.4 Å². The Morgan fingerprint density at radius 1 is 1.05 bits per heavy atom. The van der Waals surface area contributed by atoms with Crippen molar-refractivity contribution in [2.45, 2.75) is 43.6 Å². The second-order valence-corrected chi connectivity index (χ2v) is 10.4. The summed E-state index contributed by atoms with van der Waals surface area (Å²) in [6.45, 7) is 1.76. The van der Waals surface area contributed by atoms with Gasteiger partial charge in [0.05, 0.1) is 47.4 Å². The molecule has 2 aromatic heterocycles. The Kier molecular flexibility index (Phi) is 4.57. The molecule has 2 aromatic carbocycles. The number of aromatic nitrogens is 2. The fourth-order valence-electron chi connectivity index (χ4n) is 6.78. The van der Waals surface area contributed by atoms with Crippen molar-refractivity contribution in [3.8, 4) is 6.07 Å². The summed E-state index contributed by atoms with van der Waals surface area (Å²) in [7, 11) is 0. The molecular formula is C28H22N4O6. The smallest absolute Gasteiger partial charge is 0.292 e. The van der Waals surface area contributed by atoms with Gasteiger partial charge in [-0.05, 0) is 37.6 Å². The number of pyridine rings is 1. The topological polar surface area (TPSA) is 139 Å². The van der Waals surface area contributed by atoms with Gasteiger partial charge in [-0.25, -0.2) is 9.88 Å². The lowest BCUT2D eigenvalue weighted by molar-refractivity contribution is -0.134. The average Bonchev–Trinajstić information content (AvgIpc) is 3.57. The molecule has 1 N–H and O–H groups in total. The normalized spacial score (nSPS) is 29.9. The highest BCUT2D eigenvalue weighted by Gasteiger charge is 2.77. The van der Waals surface area contributed by atoms with Gasteiger partial charge in [-0.3, -0.25) is 14.4 Å². The average molecular weight is 511 g/mol. The van der Waals surface area contributed by atoms with Gasteiger partial charge in [0.1, 0.15) is 11.0 Å². The van der Waals surface area contributed by atoms with E-state index in [1.807, 2.05) is 0 Å². The largest absolute Gasteiger partial charge is 0.390 e. The number of hydrogen-bond acceptors (Lipinski definition) is 8. The molecule has 0 spiro atoms. The number of aryl methyl sites for hydroxylation is 1. The first-order chi connectivity index (χ1) is 18.3. The van der Waals surface area contributed by atoms with Gasteiger partial charge >= 0.3 is 0 Å². The van der Waals surface area contributed by atoms with E-state index < -0.39 is 41.0 Å². The number of aliphatic hydroxyl groups excluding tert-OH is 1. The number of amides is 2. The number of rotatable bonds is 4. The molecular weight excluding hydrogens is 488 g/mol. The summed E-state index contributed by atoms with van der Waals surface area (Å²) >= 11 is 0. The molecule has 4 aromatic rings.